The first-order valence-electron chi connectivity index (χ1n) is 19.5. The highest BCUT2D eigenvalue weighted by Crippen LogP contribution is 2.47. The quantitative estimate of drug-likeness (QED) is 0.181. The molecule has 11 rings (SSSR count). The van der Waals surface area contributed by atoms with Crippen LogP contribution in [0.3, 0.4) is 0 Å². The molecule has 0 atom stereocenters. The van der Waals surface area contributed by atoms with Gasteiger partial charge in [-0.1, -0.05) is 131 Å². The Morgan fingerprint density at radius 2 is 0.964 bits per heavy atom. The first-order chi connectivity index (χ1) is 27.2. The molecule has 0 saturated heterocycles. The number of furan rings is 2. The lowest BCUT2D eigenvalue weighted by Gasteiger charge is -2.42. The average molecular weight is 726 g/mol. The van der Waals surface area contributed by atoms with Crippen LogP contribution in [0.5, 0.6) is 0 Å². The monoisotopic (exact) mass is 725 g/mol. The number of benzene rings is 7. The standard InChI is InChI=1S/C51H39N3O2/c1-50(2)25-26-51(3,4)40-28-32(22-24-39(40)50)33-21-23-36-44(29-33)56-43-18-10-15-38(46(36)43)49-53-47(34-20-19-30-11-5-6-12-31(30)27-34)52-48(54-49)37-14-9-17-42-45(37)35-13-7-8-16-41(35)55-42/h5-24,27-29H,25-26H2,1-4H3. The number of fused-ring (bicyclic) bond motifs is 8. The highest BCUT2D eigenvalue weighted by Gasteiger charge is 2.37. The molecule has 0 unspecified atom stereocenters. The molecule has 0 spiro atoms. The minimum atomic E-state index is 0.130. The predicted octanol–water partition coefficient (Wildman–Crippen LogP) is 13.8. The minimum absolute atomic E-state index is 0.130. The van der Waals surface area contributed by atoms with E-state index in [0.29, 0.717) is 17.5 Å². The molecule has 1 aliphatic rings. The molecule has 0 aliphatic heterocycles. The summed E-state index contributed by atoms with van der Waals surface area (Å²) in [6.45, 7) is 9.51. The summed E-state index contributed by atoms with van der Waals surface area (Å²) < 4.78 is 12.9. The number of nitrogens with zero attached hydrogens (tertiary/aromatic N) is 3. The molecule has 56 heavy (non-hydrogen) atoms. The third-order valence-corrected chi connectivity index (χ3v) is 12.2. The van der Waals surface area contributed by atoms with Gasteiger partial charge in [0, 0.05) is 38.2 Å². The summed E-state index contributed by atoms with van der Waals surface area (Å²) in [6, 6.07) is 48.8. The molecule has 0 saturated carbocycles. The molecule has 0 amide bonds. The van der Waals surface area contributed by atoms with E-state index in [-0.39, 0.29) is 10.8 Å². The zero-order valence-corrected chi connectivity index (χ0v) is 31.9. The van der Waals surface area contributed by atoms with Crippen molar-refractivity contribution in [3.05, 3.63) is 151 Å². The topological polar surface area (TPSA) is 65.0 Å². The second kappa shape index (κ2) is 12.0. The highest BCUT2D eigenvalue weighted by atomic mass is 16.3. The summed E-state index contributed by atoms with van der Waals surface area (Å²) >= 11 is 0. The molecule has 7 aromatic carbocycles. The molecular formula is C51H39N3O2. The lowest BCUT2D eigenvalue weighted by Crippen LogP contribution is -2.33. The van der Waals surface area contributed by atoms with Crippen LogP contribution in [0, 0.1) is 0 Å². The van der Waals surface area contributed by atoms with Crippen LogP contribution in [-0.4, -0.2) is 15.0 Å². The maximum Gasteiger partial charge on any atom is 0.164 e. The normalized spacial score (nSPS) is 14.9. The summed E-state index contributed by atoms with van der Waals surface area (Å²) in [7, 11) is 0. The average Bonchev–Trinajstić information content (AvgIpc) is 3.80. The van der Waals surface area contributed by atoms with Crippen molar-refractivity contribution >= 4 is 54.6 Å². The fourth-order valence-electron chi connectivity index (χ4n) is 9.00. The Bertz CT molecular complexity index is 3220. The maximum absolute atomic E-state index is 6.65. The smallest absolute Gasteiger partial charge is 0.164 e. The van der Waals surface area contributed by atoms with Crippen LogP contribution in [0.25, 0.3) is 99.9 Å². The second-order valence-electron chi connectivity index (χ2n) is 16.7. The van der Waals surface area contributed by atoms with Crippen LogP contribution in [0.15, 0.2) is 148 Å². The largest absolute Gasteiger partial charge is 0.456 e. The Hall–Kier alpha value is -6.59. The van der Waals surface area contributed by atoms with Crippen LogP contribution >= 0.6 is 0 Å². The number of hydrogen-bond acceptors (Lipinski definition) is 5. The van der Waals surface area contributed by atoms with Gasteiger partial charge in [-0.15, -0.1) is 0 Å². The molecule has 10 aromatic rings. The molecule has 0 bridgehead atoms. The van der Waals surface area contributed by atoms with Crippen molar-refractivity contribution in [2.24, 2.45) is 0 Å². The van der Waals surface area contributed by atoms with Crippen molar-refractivity contribution in [3.63, 3.8) is 0 Å². The van der Waals surface area contributed by atoms with E-state index < -0.39 is 0 Å². The van der Waals surface area contributed by atoms with Gasteiger partial charge in [-0.05, 0) is 93.1 Å². The Morgan fingerprint density at radius 3 is 1.71 bits per heavy atom. The van der Waals surface area contributed by atoms with Crippen molar-refractivity contribution in [2.45, 2.75) is 51.4 Å². The fraction of sp³-hybridized carbons (Fsp3) is 0.157. The Balaban J connectivity index is 1.10. The lowest BCUT2D eigenvalue weighted by atomic mass is 9.63. The third kappa shape index (κ3) is 5.11. The molecule has 1 aliphatic carbocycles. The van der Waals surface area contributed by atoms with Crippen LogP contribution in [0.2, 0.25) is 0 Å². The van der Waals surface area contributed by atoms with Gasteiger partial charge >= 0.3 is 0 Å². The Labute approximate surface area is 324 Å². The van der Waals surface area contributed by atoms with Crippen molar-refractivity contribution in [1.29, 1.82) is 0 Å². The van der Waals surface area contributed by atoms with Gasteiger partial charge < -0.3 is 8.83 Å². The van der Waals surface area contributed by atoms with Gasteiger partial charge in [0.1, 0.15) is 22.3 Å². The van der Waals surface area contributed by atoms with Gasteiger partial charge in [-0.2, -0.15) is 0 Å². The molecule has 5 nitrogen and oxygen atoms in total. The summed E-state index contributed by atoms with van der Waals surface area (Å²) in [5.74, 6) is 1.77. The summed E-state index contributed by atoms with van der Waals surface area (Å²) in [6.07, 6.45) is 2.37. The number of rotatable bonds is 4. The summed E-state index contributed by atoms with van der Waals surface area (Å²) in [4.78, 5) is 15.7. The predicted molar refractivity (Wildman–Crippen MR) is 229 cm³/mol. The molecule has 3 aromatic heterocycles. The fourth-order valence-corrected chi connectivity index (χ4v) is 9.00. The van der Waals surface area contributed by atoms with E-state index in [4.69, 9.17) is 23.8 Å². The molecule has 0 N–H and O–H groups in total. The van der Waals surface area contributed by atoms with Crippen molar-refractivity contribution < 1.29 is 8.83 Å². The molecule has 3 heterocycles. The molecule has 270 valence electrons. The first kappa shape index (κ1) is 32.8. The van der Waals surface area contributed by atoms with Crippen molar-refractivity contribution in [1.82, 2.24) is 15.0 Å². The van der Waals surface area contributed by atoms with E-state index in [1.807, 2.05) is 42.5 Å². The number of hydrogen-bond donors (Lipinski definition) is 0. The molecular weight excluding hydrogens is 687 g/mol. The summed E-state index contributed by atoms with van der Waals surface area (Å²) in [5.41, 5.74) is 11.5. The molecule has 0 radical (unpaired) electrons. The van der Waals surface area contributed by atoms with Crippen LogP contribution in [0.4, 0.5) is 0 Å². The van der Waals surface area contributed by atoms with E-state index in [1.165, 1.54) is 29.5 Å². The van der Waals surface area contributed by atoms with E-state index >= 15 is 0 Å². The van der Waals surface area contributed by atoms with Crippen molar-refractivity contribution in [3.8, 4) is 45.3 Å². The number of para-hydroxylation sites is 1. The summed E-state index contributed by atoms with van der Waals surface area (Å²) in [5, 5.41) is 6.31. The first-order valence-corrected chi connectivity index (χ1v) is 19.5. The lowest BCUT2D eigenvalue weighted by molar-refractivity contribution is 0.332. The van der Waals surface area contributed by atoms with Gasteiger partial charge in [-0.3, -0.25) is 0 Å². The zero-order valence-electron chi connectivity index (χ0n) is 31.9. The Morgan fingerprint density at radius 1 is 0.411 bits per heavy atom. The van der Waals surface area contributed by atoms with E-state index in [0.717, 1.165) is 76.9 Å². The molecule has 0 fully saturated rings. The van der Waals surface area contributed by atoms with Crippen LogP contribution in [0.1, 0.15) is 51.7 Å². The number of aromatic nitrogens is 3. The third-order valence-electron chi connectivity index (χ3n) is 12.2. The second-order valence-corrected chi connectivity index (χ2v) is 16.7. The molecule has 5 heteroatoms. The van der Waals surface area contributed by atoms with E-state index in [1.54, 1.807) is 0 Å². The SMILES string of the molecule is CC1(C)CCC(C)(C)c2cc(-c3ccc4c(c3)oc3cccc(-c5nc(-c6ccc7ccccc7c6)nc(-c6cccc7oc8ccccc8c67)n5)c34)ccc21. The van der Waals surface area contributed by atoms with Crippen LogP contribution in [-0.2, 0) is 10.8 Å². The van der Waals surface area contributed by atoms with Gasteiger partial charge in [0.2, 0.25) is 0 Å². The van der Waals surface area contributed by atoms with E-state index in [9.17, 15) is 0 Å². The minimum Gasteiger partial charge on any atom is -0.456 e. The zero-order chi connectivity index (χ0) is 37.8. The van der Waals surface area contributed by atoms with E-state index in [2.05, 4.69) is 125 Å². The highest BCUT2D eigenvalue weighted by molar-refractivity contribution is 6.13. The van der Waals surface area contributed by atoms with Crippen LogP contribution < -0.4 is 0 Å². The van der Waals surface area contributed by atoms with Gasteiger partial charge in [0.25, 0.3) is 0 Å². The van der Waals surface area contributed by atoms with Crippen molar-refractivity contribution in [2.75, 3.05) is 0 Å². The van der Waals surface area contributed by atoms with Gasteiger partial charge in [0.05, 0.1) is 0 Å². The van der Waals surface area contributed by atoms with Gasteiger partial charge in [-0.25, -0.2) is 15.0 Å². The Kier molecular flexibility index (Phi) is 7.00. The van der Waals surface area contributed by atoms with Gasteiger partial charge in [0.15, 0.2) is 17.5 Å². The maximum atomic E-state index is 6.65.